The Bertz CT molecular complexity index is 1240. The lowest BCUT2D eigenvalue weighted by Gasteiger charge is -2.21. The molecule has 0 aliphatic carbocycles. The second-order valence-electron chi connectivity index (χ2n) is 8.33. The molecule has 2 heterocycles. The number of phenols is 1. The molecule has 0 unspecified atom stereocenters. The van der Waals surface area contributed by atoms with E-state index in [1.165, 1.54) is 44.6 Å². The summed E-state index contributed by atoms with van der Waals surface area (Å²) in [6.45, 7) is 1.71. The Morgan fingerprint density at radius 2 is 1.68 bits per heavy atom. The third-order valence-corrected chi connectivity index (χ3v) is 6.15. The van der Waals surface area contributed by atoms with Gasteiger partial charge in [-0.3, -0.25) is 9.69 Å². The number of benzene rings is 2. The van der Waals surface area contributed by atoms with Crippen LogP contribution in [-0.4, -0.2) is 37.3 Å². The van der Waals surface area contributed by atoms with Crippen molar-refractivity contribution in [3.63, 3.8) is 0 Å². The molecule has 182 valence electrons. The Balaban J connectivity index is 1.94. The number of phenolic OH excluding ortho intramolecular Hbond substituents is 1. The number of rotatable bonds is 5. The summed E-state index contributed by atoms with van der Waals surface area (Å²) in [6, 6.07) is 6.72. The summed E-state index contributed by atoms with van der Waals surface area (Å²) in [5.74, 6) is -1.12. The van der Waals surface area contributed by atoms with Gasteiger partial charge in [0.15, 0.2) is 11.5 Å². The average Bonchev–Trinajstić information content (AvgIpc) is 3.08. The van der Waals surface area contributed by atoms with Crippen LogP contribution in [0.25, 0.3) is 22.1 Å². The zero-order valence-corrected chi connectivity index (χ0v) is 19.0. The maximum atomic E-state index is 14.2. The highest BCUT2D eigenvalue weighted by atomic mass is 19.4. The van der Waals surface area contributed by atoms with E-state index in [0.717, 1.165) is 38.8 Å². The lowest BCUT2D eigenvalue weighted by atomic mass is 9.99. The van der Waals surface area contributed by atoms with E-state index < -0.39 is 22.9 Å². The third kappa shape index (κ3) is 4.57. The Hall–Kier alpha value is -3.20. The van der Waals surface area contributed by atoms with Crippen molar-refractivity contribution in [1.82, 2.24) is 4.90 Å². The Morgan fingerprint density at radius 1 is 1.00 bits per heavy atom. The number of likely N-dealkylation sites (tertiary alicyclic amines) is 1. The number of hydrogen-bond donors (Lipinski definition) is 1. The molecule has 0 atom stereocenters. The van der Waals surface area contributed by atoms with E-state index in [4.69, 9.17) is 13.9 Å². The van der Waals surface area contributed by atoms with Crippen LogP contribution in [-0.2, 0) is 12.7 Å². The molecule has 1 aliphatic rings. The molecule has 0 saturated carbocycles. The number of halogens is 3. The number of methoxy groups -OCH3 is 2. The molecular formula is C25H26F3NO5. The maximum Gasteiger partial charge on any atom is 0.450 e. The molecule has 1 fully saturated rings. The van der Waals surface area contributed by atoms with Crippen LogP contribution in [0.2, 0.25) is 0 Å². The van der Waals surface area contributed by atoms with Crippen molar-refractivity contribution in [3.05, 3.63) is 51.9 Å². The van der Waals surface area contributed by atoms with Crippen molar-refractivity contribution in [2.75, 3.05) is 27.3 Å². The van der Waals surface area contributed by atoms with Gasteiger partial charge in [0.25, 0.3) is 0 Å². The van der Waals surface area contributed by atoms with Gasteiger partial charge in [0.05, 0.1) is 30.7 Å². The largest absolute Gasteiger partial charge is 0.507 e. The van der Waals surface area contributed by atoms with Gasteiger partial charge in [-0.15, -0.1) is 0 Å². The van der Waals surface area contributed by atoms with E-state index in [-0.39, 0.29) is 40.1 Å². The summed E-state index contributed by atoms with van der Waals surface area (Å²) in [6.07, 6.45) is -0.847. The van der Waals surface area contributed by atoms with Crippen molar-refractivity contribution in [2.24, 2.45) is 0 Å². The molecule has 0 bridgehead atoms. The monoisotopic (exact) mass is 477 g/mol. The first kappa shape index (κ1) is 23.9. The fourth-order valence-electron chi connectivity index (χ4n) is 4.43. The number of ether oxygens (including phenoxy) is 2. The summed E-state index contributed by atoms with van der Waals surface area (Å²) in [5, 5.41) is 10.5. The quantitative estimate of drug-likeness (QED) is 0.518. The van der Waals surface area contributed by atoms with Gasteiger partial charge in [-0.1, -0.05) is 18.9 Å². The summed E-state index contributed by atoms with van der Waals surface area (Å²) < 4.78 is 58.2. The molecule has 1 saturated heterocycles. The molecule has 0 amide bonds. The van der Waals surface area contributed by atoms with E-state index in [1.54, 1.807) is 0 Å². The minimum atomic E-state index is -4.94. The van der Waals surface area contributed by atoms with Gasteiger partial charge >= 0.3 is 6.18 Å². The number of aromatic hydroxyl groups is 1. The highest BCUT2D eigenvalue weighted by Crippen LogP contribution is 2.41. The second-order valence-corrected chi connectivity index (χ2v) is 8.33. The molecule has 2 aromatic carbocycles. The number of alkyl halides is 3. The minimum Gasteiger partial charge on any atom is -0.507 e. The fraction of sp³-hybridized carbons (Fsp3) is 0.400. The predicted molar refractivity (Wildman–Crippen MR) is 121 cm³/mol. The van der Waals surface area contributed by atoms with E-state index in [9.17, 15) is 23.1 Å². The van der Waals surface area contributed by atoms with Crippen molar-refractivity contribution in [2.45, 2.75) is 38.4 Å². The van der Waals surface area contributed by atoms with Crippen LogP contribution in [0.1, 0.15) is 37.0 Å². The zero-order valence-electron chi connectivity index (χ0n) is 19.0. The normalized spacial score (nSPS) is 15.3. The topological polar surface area (TPSA) is 72.1 Å². The Morgan fingerprint density at radius 3 is 2.29 bits per heavy atom. The maximum absolute atomic E-state index is 14.2. The molecule has 3 aromatic rings. The first-order valence-corrected chi connectivity index (χ1v) is 11.1. The van der Waals surface area contributed by atoms with Crippen molar-refractivity contribution >= 4 is 11.0 Å². The van der Waals surface area contributed by atoms with Gasteiger partial charge in [0.2, 0.25) is 11.2 Å². The van der Waals surface area contributed by atoms with Crippen molar-refractivity contribution in [3.8, 4) is 28.4 Å². The van der Waals surface area contributed by atoms with Crippen LogP contribution in [0.3, 0.4) is 0 Å². The molecule has 9 heteroatoms. The van der Waals surface area contributed by atoms with E-state index >= 15 is 0 Å². The smallest absolute Gasteiger partial charge is 0.450 e. The SMILES string of the molecule is COc1ccc(-c2c(C(F)(F)F)oc3c(CN4CCCCCC4)c(O)ccc3c2=O)cc1OC. The predicted octanol–water partition coefficient (Wildman–Crippen LogP) is 5.58. The molecule has 0 radical (unpaired) electrons. The highest BCUT2D eigenvalue weighted by Gasteiger charge is 2.40. The van der Waals surface area contributed by atoms with Crippen LogP contribution in [0.5, 0.6) is 17.2 Å². The van der Waals surface area contributed by atoms with Gasteiger partial charge < -0.3 is 19.0 Å². The second kappa shape index (κ2) is 9.58. The van der Waals surface area contributed by atoms with E-state index in [0.29, 0.717) is 5.75 Å². The number of fused-ring (bicyclic) bond motifs is 1. The molecule has 34 heavy (non-hydrogen) atoms. The van der Waals surface area contributed by atoms with Gasteiger partial charge in [0.1, 0.15) is 11.3 Å². The van der Waals surface area contributed by atoms with E-state index in [1.807, 2.05) is 0 Å². The van der Waals surface area contributed by atoms with Crippen molar-refractivity contribution in [1.29, 1.82) is 0 Å². The summed E-state index contributed by atoms with van der Waals surface area (Å²) in [4.78, 5) is 15.5. The molecule has 0 spiro atoms. The Labute approximate surface area is 194 Å². The standard InChI is InChI=1S/C25H26F3NO5/c1-32-19-10-7-15(13-20(19)33-2)21-22(31)16-8-9-18(30)17(14-29-11-5-3-4-6-12-29)23(16)34-24(21)25(26,27)28/h7-10,13,30H,3-6,11-12,14H2,1-2H3. The molecule has 1 aromatic heterocycles. The molecular weight excluding hydrogens is 451 g/mol. The van der Waals surface area contributed by atoms with Crippen LogP contribution < -0.4 is 14.9 Å². The molecule has 1 N–H and O–H groups in total. The molecule has 6 nitrogen and oxygen atoms in total. The zero-order chi connectivity index (χ0) is 24.5. The summed E-state index contributed by atoms with van der Waals surface area (Å²) >= 11 is 0. The minimum absolute atomic E-state index is 0.0113. The van der Waals surface area contributed by atoms with Crippen molar-refractivity contribution < 1.29 is 32.2 Å². The Kier molecular flexibility index (Phi) is 6.74. The van der Waals surface area contributed by atoms with Crippen LogP contribution >= 0.6 is 0 Å². The number of hydrogen-bond acceptors (Lipinski definition) is 6. The molecule has 1 aliphatic heterocycles. The van der Waals surface area contributed by atoms with Gasteiger partial charge in [-0.05, 0) is 55.8 Å². The number of nitrogens with zero attached hydrogens (tertiary/aromatic N) is 1. The summed E-state index contributed by atoms with van der Waals surface area (Å²) in [7, 11) is 2.76. The highest BCUT2D eigenvalue weighted by molar-refractivity contribution is 5.87. The van der Waals surface area contributed by atoms with Gasteiger partial charge in [-0.25, -0.2) is 0 Å². The first-order valence-electron chi connectivity index (χ1n) is 11.1. The fourth-order valence-corrected chi connectivity index (χ4v) is 4.43. The lowest BCUT2D eigenvalue weighted by Crippen LogP contribution is -2.24. The van der Waals surface area contributed by atoms with Crippen LogP contribution in [0, 0.1) is 0 Å². The average molecular weight is 477 g/mol. The lowest BCUT2D eigenvalue weighted by molar-refractivity contribution is -0.152. The first-order chi connectivity index (χ1) is 16.2. The van der Waals surface area contributed by atoms with Gasteiger partial charge in [0, 0.05) is 6.54 Å². The molecule has 4 rings (SSSR count). The van der Waals surface area contributed by atoms with E-state index in [2.05, 4.69) is 4.90 Å². The summed E-state index contributed by atoms with van der Waals surface area (Å²) in [5.41, 5.74) is -1.53. The third-order valence-electron chi connectivity index (χ3n) is 6.15. The van der Waals surface area contributed by atoms with Crippen LogP contribution in [0.4, 0.5) is 13.2 Å². The van der Waals surface area contributed by atoms with Gasteiger partial charge in [-0.2, -0.15) is 13.2 Å². The van der Waals surface area contributed by atoms with Crippen LogP contribution in [0.15, 0.2) is 39.5 Å².